The molecule has 32 heavy (non-hydrogen) atoms. The van der Waals surface area contributed by atoms with E-state index in [9.17, 15) is 9.59 Å². The van der Waals surface area contributed by atoms with Gasteiger partial charge in [-0.2, -0.15) is 5.10 Å². The Morgan fingerprint density at radius 1 is 1.12 bits per heavy atom. The Morgan fingerprint density at radius 2 is 1.91 bits per heavy atom. The Balaban J connectivity index is 1.36. The first kappa shape index (κ1) is 22.5. The lowest BCUT2D eigenvalue weighted by Crippen LogP contribution is -2.35. The minimum absolute atomic E-state index is 0.0746. The Hall–Kier alpha value is -2.74. The number of fused-ring (bicyclic) bond motifs is 1. The highest BCUT2D eigenvalue weighted by atomic mass is 35.5. The van der Waals surface area contributed by atoms with Crippen molar-refractivity contribution in [2.24, 2.45) is 0 Å². The van der Waals surface area contributed by atoms with Crippen molar-refractivity contribution in [2.75, 3.05) is 25.1 Å². The molecular formula is C24H27ClN4O3. The topological polar surface area (TPSA) is 96.1 Å². The molecule has 0 bridgehead atoms. The fourth-order valence-corrected chi connectivity index (χ4v) is 4.10. The smallest absolute Gasteiger partial charge is 0.272 e. The van der Waals surface area contributed by atoms with Crippen LogP contribution >= 0.6 is 11.6 Å². The molecule has 3 N–H and O–H groups in total. The minimum atomic E-state index is -0.238. The maximum absolute atomic E-state index is 12.5. The van der Waals surface area contributed by atoms with E-state index in [0.717, 1.165) is 56.4 Å². The number of hydrogen-bond donors (Lipinski definition) is 3. The van der Waals surface area contributed by atoms with E-state index < -0.39 is 0 Å². The van der Waals surface area contributed by atoms with Crippen LogP contribution in [0.4, 0.5) is 5.69 Å². The van der Waals surface area contributed by atoms with Crippen LogP contribution in [0.3, 0.4) is 0 Å². The monoisotopic (exact) mass is 454 g/mol. The maximum atomic E-state index is 12.5. The van der Waals surface area contributed by atoms with Crippen LogP contribution in [-0.2, 0) is 9.53 Å². The summed E-state index contributed by atoms with van der Waals surface area (Å²) in [6.45, 7) is 2.55. The largest absolute Gasteiger partial charge is 0.381 e. The predicted octanol–water partition coefficient (Wildman–Crippen LogP) is 4.12. The van der Waals surface area contributed by atoms with Gasteiger partial charge in [0, 0.05) is 36.6 Å². The third-order valence-electron chi connectivity index (χ3n) is 5.69. The lowest BCUT2D eigenvalue weighted by molar-refractivity contribution is -0.116. The molecule has 3 aromatic rings. The van der Waals surface area contributed by atoms with Gasteiger partial charge >= 0.3 is 0 Å². The lowest BCUT2D eigenvalue weighted by atomic mass is 10.0. The fraction of sp³-hybridized carbons (Fsp3) is 0.375. The number of aromatic amines is 1. The van der Waals surface area contributed by atoms with Crippen molar-refractivity contribution in [1.29, 1.82) is 0 Å². The standard InChI is InChI=1S/C24H27ClN4O3/c25-20-9-8-16(23-18-5-1-2-6-19(18)24(31)29-28-23)15-21(20)27-22(30)7-3-4-12-26-17-10-13-32-14-11-17/h1-2,5-6,8-9,15,17,26H,3-4,7,10-14H2,(H,27,30)(H,29,31). The third-order valence-corrected chi connectivity index (χ3v) is 6.02. The van der Waals surface area contributed by atoms with Crippen LogP contribution < -0.4 is 16.2 Å². The summed E-state index contributed by atoms with van der Waals surface area (Å²) < 4.78 is 5.36. The van der Waals surface area contributed by atoms with Gasteiger partial charge in [-0.25, -0.2) is 5.10 Å². The number of benzene rings is 2. The molecule has 7 nitrogen and oxygen atoms in total. The van der Waals surface area contributed by atoms with Crippen LogP contribution in [0.1, 0.15) is 32.1 Å². The molecule has 1 aromatic heterocycles. The molecule has 2 heterocycles. The minimum Gasteiger partial charge on any atom is -0.381 e. The number of rotatable bonds is 8. The van der Waals surface area contributed by atoms with Gasteiger partial charge in [-0.1, -0.05) is 35.9 Å². The number of halogens is 1. The van der Waals surface area contributed by atoms with Crippen LogP contribution in [0.2, 0.25) is 5.02 Å². The van der Waals surface area contributed by atoms with Gasteiger partial charge in [0.05, 0.1) is 21.8 Å². The summed E-state index contributed by atoms with van der Waals surface area (Å²) in [6, 6.07) is 13.2. The number of unbranched alkanes of at least 4 members (excludes halogenated alkanes) is 1. The average molecular weight is 455 g/mol. The summed E-state index contributed by atoms with van der Waals surface area (Å²) in [7, 11) is 0. The molecule has 0 radical (unpaired) electrons. The summed E-state index contributed by atoms with van der Waals surface area (Å²) >= 11 is 6.33. The van der Waals surface area contributed by atoms with E-state index in [1.54, 1.807) is 18.2 Å². The predicted molar refractivity (Wildman–Crippen MR) is 127 cm³/mol. The number of nitrogens with zero attached hydrogens (tertiary/aromatic N) is 1. The number of carbonyl (C=O) groups excluding carboxylic acids is 1. The summed E-state index contributed by atoms with van der Waals surface area (Å²) in [6.07, 6.45) is 4.26. The molecule has 4 rings (SSSR count). The summed E-state index contributed by atoms with van der Waals surface area (Å²) in [5.41, 5.74) is 1.69. The third kappa shape index (κ3) is 5.54. The van der Waals surface area contributed by atoms with Gasteiger partial charge in [0.1, 0.15) is 0 Å². The molecule has 0 unspecified atom stereocenters. The van der Waals surface area contributed by atoms with E-state index in [4.69, 9.17) is 16.3 Å². The van der Waals surface area contributed by atoms with E-state index in [1.807, 2.05) is 24.3 Å². The summed E-state index contributed by atoms with van der Waals surface area (Å²) in [5.74, 6) is -0.0746. The van der Waals surface area contributed by atoms with Gasteiger partial charge in [0.2, 0.25) is 5.91 Å². The second-order valence-electron chi connectivity index (χ2n) is 7.99. The van der Waals surface area contributed by atoms with Gasteiger partial charge in [0.15, 0.2) is 0 Å². The van der Waals surface area contributed by atoms with Crippen molar-refractivity contribution in [2.45, 2.75) is 38.1 Å². The van der Waals surface area contributed by atoms with Crippen molar-refractivity contribution >= 4 is 34.0 Å². The van der Waals surface area contributed by atoms with Gasteiger partial charge in [-0.3, -0.25) is 9.59 Å². The lowest BCUT2D eigenvalue weighted by Gasteiger charge is -2.23. The van der Waals surface area contributed by atoms with E-state index >= 15 is 0 Å². The van der Waals surface area contributed by atoms with Gasteiger partial charge in [-0.05, 0) is 50.4 Å². The quantitative estimate of drug-likeness (QED) is 0.445. The summed E-state index contributed by atoms with van der Waals surface area (Å²) in [5, 5.41) is 15.0. The maximum Gasteiger partial charge on any atom is 0.272 e. The number of aromatic nitrogens is 2. The number of hydrogen-bond acceptors (Lipinski definition) is 5. The second-order valence-corrected chi connectivity index (χ2v) is 8.39. The first-order valence-electron chi connectivity index (χ1n) is 11.0. The van der Waals surface area contributed by atoms with Crippen LogP contribution in [0.15, 0.2) is 47.3 Å². The Labute approximate surface area is 191 Å². The molecular weight excluding hydrogens is 428 g/mol. The SMILES string of the molecule is O=C(CCCCNC1CCOCC1)Nc1cc(-c2n[nH]c(=O)c3ccccc23)ccc1Cl. The Kier molecular flexibility index (Phi) is 7.52. The molecule has 0 atom stereocenters. The molecule has 1 amide bonds. The number of carbonyl (C=O) groups is 1. The van der Waals surface area contributed by atoms with Gasteiger partial charge in [0.25, 0.3) is 5.56 Å². The number of ether oxygens (including phenoxy) is 1. The van der Waals surface area contributed by atoms with Crippen molar-refractivity contribution in [3.63, 3.8) is 0 Å². The first-order chi connectivity index (χ1) is 15.6. The zero-order valence-corrected chi connectivity index (χ0v) is 18.6. The molecule has 168 valence electrons. The molecule has 1 aliphatic heterocycles. The molecule has 1 aliphatic rings. The normalized spacial score (nSPS) is 14.5. The number of H-pyrrole nitrogens is 1. The number of anilines is 1. The second kappa shape index (κ2) is 10.7. The van der Waals surface area contributed by atoms with Crippen LogP contribution in [0.5, 0.6) is 0 Å². The van der Waals surface area contributed by atoms with Crippen LogP contribution in [0.25, 0.3) is 22.0 Å². The first-order valence-corrected chi connectivity index (χ1v) is 11.4. The molecule has 8 heteroatoms. The van der Waals surface area contributed by atoms with Crippen molar-refractivity contribution < 1.29 is 9.53 Å². The van der Waals surface area contributed by atoms with E-state index in [2.05, 4.69) is 20.8 Å². The summed E-state index contributed by atoms with van der Waals surface area (Å²) in [4.78, 5) is 24.5. The van der Waals surface area contributed by atoms with Gasteiger partial charge in [-0.15, -0.1) is 0 Å². The highest BCUT2D eigenvalue weighted by Gasteiger charge is 2.14. The van der Waals surface area contributed by atoms with E-state index in [-0.39, 0.29) is 11.5 Å². The van der Waals surface area contributed by atoms with Crippen LogP contribution in [0, 0.1) is 0 Å². The average Bonchev–Trinajstić information content (AvgIpc) is 2.81. The molecule has 1 fully saturated rings. The Morgan fingerprint density at radius 3 is 2.72 bits per heavy atom. The number of nitrogens with one attached hydrogen (secondary N) is 3. The molecule has 0 saturated carbocycles. The van der Waals surface area contributed by atoms with Crippen molar-refractivity contribution in [3.8, 4) is 11.3 Å². The Bertz CT molecular complexity index is 1140. The van der Waals surface area contributed by atoms with E-state index in [0.29, 0.717) is 34.3 Å². The van der Waals surface area contributed by atoms with Crippen LogP contribution in [-0.4, -0.2) is 41.9 Å². The van der Waals surface area contributed by atoms with E-state index in [1.165, 1.54) is 0 Å². The molecule has 0 spiro atoms. The zero-order valence-electron chi connectivity index (χ0n) is 17.8. The number of amides is 1. The highest BCUT2D eigenvalue weighted by Crippen LogP contribution is 2.30. The van der Waals surface area contributed by atoms with Crippen molar-refractivity contribution in [1.82, 2.24) is 15.5 Å². The highest BCUT2D eigenvalue weighted by molar-refractivity contribution is 6.33. The molecule has 2 aromatic carbocycles. The molecule has 1 saturated heterocycles. The fourth-order valence-electron chi connectivity index (χ4n) is 3.93. The van der Waals surface area contributed by atoms with Crippen molar-refractivity contribution in [3.05, 3.63) is 57.8 Å². The zero-order chi connectivity index (χ0) is 22.3. The molecule has 0 aliphatic carbocycles. The van der Waals surface area contributed by atoms with Gasteiger partial charge < -0.3 is 15.4 Å².